The molecule has 1 aliphatic rings. The van der Waals surface area contributed by atoms with Gasteiger partial charge in [0.1, 0.15) is 12.2 Å². The molecule has 1 aromatic heterocycles. The van der Waals surface area contributed by atoms with Crippen LogP contribution in [0.1, 0.15) is 12.2 Å². The Hall–Kier alpha value is -0.940. The highest BCUT2D eigenvalue weighted by Crippen LogP contribution is 2.16. The molecule has 1 aliphatic heterocycles. The van der Waals surface area contributed by atoms with Crippen molar-refractivity contribution in [1.82, 2.24) is 19.7 Å². The Balaban J connectivity index is 1.90. The fourth-order valence-corrected chi connectivity index (χ4v) is 1.86. The van der Waals surface area contributed by atoms with Crippen LogP contribution in [-0.4, -0.2) is 44.5 Å². The van der Waals surface area contributed by atoms with Crippen LogP contribution in [-0.2, 0) is 13.6 Å². The summed E-state index contributed by atoms with van der Waals surface area (Å²) in [4.78, 5) is 2.31. The van der Waals surface area contributed by atoms with Crippen LogP contribution < -0.4 is 0 Å². The zero-order valence-electron chi connectivity index (χ0n) is 8.43. The summed E-state index contributed by atoms with van der Waals surface area (Å²) < 4.78 is 1.94. The van der Waals surface area contributed by atoms with E-state index in [1.165, 1.54) is 0 Å². The average Bonchev–Trinajstić information content (AvgIpc) is 2.77. The van der Waals surface area contributed by atoms with Crippen molar-refractivity contribution < 1.29 is 5.11 Å². The van der Waals surface area contributed by atoms with Crippen molar-refractivity contribution in [2.75, 3.05) is 19.7 Å². The molecule has 5 nitrogen and oxygen atoms in total. The van der Waals surface area contributed by atoms with Crippen LogP contribution in [0.4, 0.5) is 0 Å². The molecule has 2 heterocycles. The van der Waals surface area contributed by atoms with Gasteiger partial charge >= 0.3 is 0 Å². The summed E-state index contributed by atoms with van der Waals surface area (Å²) >= 11 is 0. The van der Waals surface area contributed by atoms with E-state index in [9.17, 15) is 0 Å². The Labute approximate surface area is 83.4 Å². The number of nitrogens with zero attached hydrogens (tertiary/aromatic N) is 4. The second kappa shape index (κ2) is 4.06. The monoisotopic (exact) mass is 196 g/mol. The molecule has 0 aliphatic carbocycles. The third-order valence-electron chi connectivity index (χ3n) is 2.80. The van der Waals surface area contributed by atoms with Crippen molar-refractivity contribution in [2.24, 2.45) is 13.0 Å². The van der Waals surface area contributed by atoms with E-state index in [0.29, 0.717) is 12.5 Å². The van der Waals surface area contributed by atoms with Gasteiger partial charge in [-0.15, -0.1) is 10.2 Å². The van der Waals surface area contributed by atoms with Gasteiger partial charge in [0.25, 0.3) is 0 Å². The van der Waals surface area contributed by atoms with Crippen molar-refractivity contribution in [3.8, 4) is 0 Å². The lowest BCUT2D eigenvalue weighted by Crippen LogP contribution is -2.22. The number of aromatic nitrogens is 3. The first kappa shape index (κ1) is 9.61. The molecule has 0 radical (unpaired) electrons. The van der Waals surface area contributed by atoms with Gasteiger partial charge in [0.15, 0.2) is 0 Å². The van der Waals surface area contributed by atoms with E-state index in [1.807, 2.05) is 11.6 Å². The largest absolute Gasteiger partial charge is 0.396 e. The van der Waals surface area contributed by atoms with Gasteiger partial charge in [-0.1, -0.05) is 0 Å². The molecule has 14 heavy (non-hydrogen) atoms. The topological polar surface area (TPSA) is 54.2 Å². The molecule has 0 saturated carbocycles. The first-order valence-corrected chi connectivity index (χ1v) is 4.95. The Kier molecular flexibility index (Phi) is 2.79. The molecule has 0 aromatic carbocycles. The van der Waals surface area contributed by atoms with Gasteiger partial charge in [0.2, 0.25) is 0 Å². The number of hydrogen-bond donors (Lipinski definition) is 1. The minimum Gasteiger partial charge on any atom is -0.396 e. The number of hydrogen-bond acceptors (Lipinski definition) is 4. The highest BCUT2D eigenvalue weighted by atomic mass is 16.3. The summed E-state index contributed by atoms with van der Waals surface area (Å²) in [6, 6.07) is 0. The summed E-state index contributed by atoms with van der Waals surface area (Å²) in [5.74, 6) is 1.44. The fraction of sp³-hybridized carbons (Fsp3) is 0.778. The third kappa shape index (κ3) is 1.93. The molecule has 1 unspecified atom stereocenters. The molecule has 2 rings (SSSR count). The first-order valence-electron chi connectivity index (χ1n) is 4.95. The fourth-order valence-electron chi connectivity index (χ4n) is 1.86. The maximum absolute atomic E-state index is 9.00. The number of aliphatic hydroxyl groups is 1. The molecule has 78 valence electrons. The zero-order chi connectivity index (χ0) is 9.97. The minimum absolute atomic E-state index is 0.301. The predicted octanol–water partition coefficient (Wildman–Crippen LogP) is -0.371. The normalized spacial score (nSPS) is 23.1. The lowest BCUT2D eigenvalue weighted by atomic mass is 10.1. The van der Waals surface area contributed by atoms with Gasteiger partial charge in [0, 0.05) is 20.2 Å². The first-order chi connectivity index (χ1) is 6.79. The molecule has 0 bridgehead atoms. The predicted molar refractivity (Wildman–Crippen MR) is 51.5 cm³/mol. The van der Waals surface area contributed by atoms with E-state index >= 15 is 0 Å². The highest BCUT2D eigenvalue weighted by molar-refractivity contribution is 4.86. The molecular formula is C9H16N4O. The SMILES string of the molecule is Cn1cnnc1CN1CCC(CO)C1. The van der Waals surface area contributed by atoms with Gasteiger partial charge in [-0.25, -0.2) is 0 Å². The summed E-state index contributed by atoms with van der Waals surface area (Å²) in [6.07, 6.45) is 2.81. The van der Waals surface area contributed by atoms with Crippen molar-refractivity contribution in [3.05, 3.63) is 12.2 Å². The molecule has 1 atom stereocenters. The van der Waals surface area contributed by atoms with Crippen LogP contribution in [0, 0.1) is 5.92 Å². The molecule has 5 heteroatoms. The number of rotatable bonds is 3. The summed E-state index contributed by atoms with van der Waals surface area (Å²) in [7, 11) is 1.95. The molecule has 1 saturated heterocycles. The van der Waals surface area contributed by atoms with Crippen LogP contribution in [0.15, 0.2) is 6.33 Å². The lowest BCUT2D eigenvalue weighted by molar-refractivity contribution is 0.218. The van der Waals surface area contributed by atoms with E-state index in [4.69, 9.17) is 5.11 Å². The summed E-state index contributed by atoms with van der Waals surface area (Å²) in [6.45, 7) is 3.17. The Morgan fingerprint density at radius 2 is 2.50 bits per heavy atom. The van der Waals surface area contributed by atoms with Crippen LogP contribution in [0.25, 0.3) is 0 Å². The minimum atomic E-state index is 0.301. The molecule has 0 spiro atoms. The van der Waals surface area contributed by atoms with E-state index in [2.05, 4.69) is 15.1 Å². The smallest absolute Gasteiger partial charge is 0.146 e. The van der Waals surface area contributed by atoms with Gasteiger partial charge < -0.3 is 9.67 Å². The highest BCUT2D eigenvalue weighted by Gasteiger charge is 2.22. The quantitative estimate of drug-likeness (QED) is 0.716. The van der Waals surface area contributed by atoms with Gasteiger partial charge in [-0.2, -0.15) is 0 Å². The maximum Gasteiger partial charge on any atom is 0.146 e. The van der Waals surface area contributed by atoms with E-state index in [0.717, 1.165) is 31.9 Å². The number of likely N-dealkylation sites (tertiary alicyclic amines) is 1. The second-order valence-electron chi connectivity index (χ2n) is 3.93. The van der Waals surface area contributed by atoms with E-state index in [-0.39, 0.29) is 0 Å². The van der Waals surface area contributed by atoms with Crippen molar-refractivity contribution in [2.45, 2.75) is 13.0 Å². The van der Waals surface area contributed by atoms with E-state index < -0.39 is 0 Å². The van der Waals surface area contributed by atoms with Crippen molar-refractivity contribution >= 4 is 0 Å². The van der Waals surface area contributed by atoms with Gasteiger partial charge in [-0.3, -0.25) is 4.90 Å². The second-order valence-corrected chi connectivity index (χ2v) is 3.93. The molecular weight excluding hydrogens is 180 g/mol. The van der Waals surface area contributed by atoms with Gasteiger partial charge in [0.05, 0.1) is 6.54 Å². The molecule has 1 fully saturated rings. The summed E-state index contributed by atoms with van der Waals surface area (Å²) in [5, 5.41) is 16.9. The van der Waals surface area contributed by atoms with Crippen LogP contribution in [0.3, 0.4) is 0 Å². The molecule has 1 N–H and O–H groups in total. The number of aryl methyl sites for hydroxylation is 1. The number of aliphatic hydroxyl groups excluding tert-OH is 1. The Bertz CT molecular complexity index is 299. The molecule has 0 amide bonds. The maximum atomic E-state index is 9.00. The Morgan fingerprint density at radius 1 is 1.64 bits per heavy atom. The zero-order valence-corrected chi connectivity index (χ0v) is 8.43. The van der Waals surface area contributed by atoms with Gasteiger partial charge in [-0.05, 0) is 18.9 Å². The third-order valence-corrected chi connectivity index (χ3v) is 2.80. The van der Waals surface area contributed by atoms with E-state index in [1.54, 1.807) is 6.33 Å². The van der Waals surface area contributed by atoms with Crippen LogP contribution in [0.5, 0.6) is 0 Å². The molecule has 1 aromatic rings. The van der Waals surface area contributed by atoms with Crippen molar-refractivity contribution in [1.29, 1.82) is 0 Å². The van der Waals surface area contributed by atoms with Crippen LogP contribution >= 0.6 is 0 Å². The summed E-state index contributed by atoms with van der Waals surface area (Å²) in [5.41, 5.74) is 0. The van der Waals surface area contributed by atoms with Crippen molar-refractivity contribution in [3.63, 3.8) is 0 Å². The standard InChI is InChI=1S/C9H16N4O/c1-12-7-10-11-9(12)5-13-3-2-8(4-13)6-14/h7-8,14H,2-6H2,1H3. The Morgan fingerprint density at radius 3 is 3.07 bits per heavy atom. The lowest BCUT2D eigenvalue weighted by Gasteiger charge is -2.14. The van der Waals surface area contributed by atoms with Crippen LogP contribution in [0.2, 0.25) is 0 Å². The average molecular weight is 196 g/mol.